The predicted molar refractivity (Wildman–Crippen MR) is 112 cm³/mol. The van der Waals surface area contributed by atoms with Gasteiger partial charge in [-0.15, -0.1) is 0 Å². The summed E-state index contributed by atoms with van der Waals surface area (Å²) in [6.07, 6.45) is 2.41. The molecule has 0 aromatic rings. The summed E-state index contributed by atoms with van der Waals surface area (Å²) in [5.41, 5.74) is 0. The van der Waals surface area contributed by atoms with Crippen molar-refractivity contribution in [3.63, 3.8) is 0 Å². The van der Waals surface area contributed by atoms with E-state index in [1.807, 2.05) is 19.0 Å². The van der Waals surface area contributed by atoms with Gasteiger partial charge in [-0.1, -0.05) is 0 Å². The molecule has 0 bridgehead atoms. The molecule has 2 atom stereocenters. The molecule has 3 fully saturated rings. The summed E-state index contributed by atoms with van der Waals surface area (Å²) in [7, 11) is 6.54. The van der Waals surface area contributed by atoms with Gasteiger partial charge in [0, 0.05) is 65.0 Å². The van der Waals surface area contributed by atoms with Gasteiger partial charge in [-0.25, -0.2) is 0 Å². The van der Waals surface area contributed by atoms with Gasteiger partial charge in [0.15, 0.2) is 0 Å². The third-order valence-electron chi connectivity index (χ3n) is 5.42. The zero-order valence-corrected chi connectivity index (χ0v) is 19.0. The molecule has 3 aliphatic heterocycles. The van der Waals surface area contributed by atoms with E-state index >= 15 is 0 Å². The second-order valence-electron chi connectivity index (χ2n) is 7.89. The highest BCUT2D eigenvalue weighted by atomic mass is 16.5. The first kappa shape index (κ1) is 26.9. The van der Waals surface area contributed by atoms with Crippen LogP contribution >= 0.6 is 0 Å². The number of ketones is 3. The van der Waals surface area contributed by atoms with Crippen LogP contribution in [-0.2, 0) is 33.4 Å². The van der Waals surface area contributed by atoms with E-state index in [-0.39, 0.29) is 11.6 Å². The Bertz CT molecular complexity index is 627. The van der Waals surface area contributed by atoms with Crippen LogP contribution in [-0.4, -0.2) is 107 Å². The number of ether oxygens (including phenoxy) is 2. The second kappa shape index (κ2) is 14.0. The van der Waals surface area contributed by atoms with E-state index in [1.54, 1.807) is 0 Å². The molecule has 31 heavy (non-hydrogen) atoms. The van der Waals surface area contributed by atoms with Crippen molar-refractivity contribution >= 4 is 29.3 Å². The molecule has 0 aromatic heterocycles. The quantitative estimate of drug-likeness (QED) is 0.435. The van der Waals surface area contributed by atoms with Crippen LogP contribution in [0.4, 0.5) is 0 Å². The highest BCUT2D eigenvalue weighted by molar-refractivity contribution is 6.00. The number of nitrogens with one attached hydrogen (secondary N) is 1. The number of likely N-dealkylation sites (tertiary alicyclic amines) is 2. The molecule has 10 heteroatoms. The van der Waals surface area contributed by atoms with Crippen molar-refractivity contribution in [1.82, 2.24) is 15.1 Å². The van der Waals surface area contributed by atoms with E-state index < -0.39 is 23.8 Å². The third kappa shape index (κ3) is 9.67. The van der Waals surface area contributed by atoms with Gasteiger partial charge in [0.25, 0.3) is 0 Å². The van der Waals surface area contributed by atoms with Crippen LogP contribution in [0.15, 0.2) is 0 Å². The zero-order chi connectivity index (χ0) is 23.4. The second-order valence-corrected chi connectivity index (χ2v) is 7.89. The molecule has 3 saturated heterocycles. The average molecular weight is 442 g/mol. The maximum Gasteiger partial charge on any atom is 0.317 e. The smallest absolute Gasteiger partial charge is 0.317 e. The lowest BCUT2D eigenvalue weighted by Crippen LogP contribution is -2.42. The Morgan fingerprint density at radius 3 is 1.84 bits per heavy atom. The van der Waals surface area contributed by atoms with Gasteiger partial charge in [0.2, 0.25) is 0 Å². The Morgan fingerprint density at radius 2 is 1.32 bits per heavy atom. The third-order valence-corrected chi connectivity index (χ3v) is 5.42. The Kier molecular flexibility index (Phi) is 12.1. The topological polar surface area (TPSA) is 122 Å². The van der Waals surface area contributed by atoms with Crippen molar-refractivity contribution in [2.24, 2.45) is 11.8 Å². The molecular formula is C21H35N3O7. The van der Waals surface area contributed by atoms with Gasteiger partial charge in [0.1, 0.15) is 29.2 Å². The fourth-order valence-corrected chi connectivity index (χ4v) is 3.30. The first-order valence-corrected chi connectivity index (χ1v) is 10.5. The number of hydrogen-bond acceptors (Lipinski definition) is 10. The lowest BCUT2D eigenvalue weighted by molar-refractivity contribution is -0.152. The molecule has 0 radical (unpaired) electrons. The summed E-state index contributed by atoms with van der Waals surface area (Å²) in [6.45, 7) is 4.24. The summed E-state index contributed by atoms with van der Waals surface area (Å²) in [4.78, 5) is 58.9. The number of methoxy groups -OCH3 is 2. The van der Waals surface area contributed by atoms with Crippen LogP contribution in [0.5, 0.6) is 0 Å². The van der Waals surface area contributed by atoms with Gasteiger partial charge < -0.3 is 24.6 Å². The lowest BCUT2D eigenvalue weighted by atomic mass is 9.97. The molecular weight excluding hydrogens is 406 g/mol. The SMILES string of the molecule is CN1CCC(=O)CC1.COC(=O)C1CN(C)CCC1=O.COC(=O)C1CNCCC1=O. The van der Waals surface area contributed by atoms with Crippen LogP contribution < -0.4 is 5.32 Å². The molecule has 1 N–H and O–H groups in total. The number of rotatable bonds is 2. The minimum absolute atomic E-state index is 0.0000463. The highest BCUT2D eigenvalue weighted by Crippen LogP contribution is 2.12. The Labute approximate surface area is 183 Å². The van der Waals surface area contributed by atoms with Crippen molar-refractivity contribution in [2.45, 2.75) is 25.7 Å². The maximum atomic E-state index is 11.2. The Morgan fingerprint density at radius 1 is 0.806 bits per heavy atom. The van der Waals surface area contributed by atoms with Crippen LogP contribution in [0.1, 0.15) is 25.7 Å². The molecule has 3 aliphatic rings. The van der Waals surface area contributed by atoms with Crippen molar-refractivity contribution in [2.75, 3.05) is 67.6 Å². The fourth-order valence-electron chi connectivity index (χ4n) is 3.30. The maximum absolute atomic E-state index is 11.2. The van der Waals surface area contributed by atoms with E-state index in [2.05, 4.69) is 19.7 Å². The van der Waals surface area contributed by atoms with Gasteiger partial charge in [-0.05, 0) is 14.1 Å². The van der Waals surface area contributed by atoms with E-state index in [9.17, 15) is 24.0 Å². The molecule has 2 unspecified atom stereocenters. The number of carbonyl (C=O) groups is 5. The molecule has 0 saturated carbocycles. The summed E-state index contributed by atoms with van der Waals surface area (Å²) in [5.74, 6) is -1.57. The number of nitrogens with zero attached hydrogens (tertiary/aromatic N) is 2. The highest BCUT2D eigenvalue weighted by Gasteiger charge is 2.32. The van der Waals surface area contributed by atoms with Crippen molar-refractivity contribution < 1.29 is 33.4 Å². The van der Waals surface area contributed by atoms with Crippen LogP contribution in [0.3, 0.4) is 0 Å². The molecule has 0 aromatic carbocycles. The van der Waals surface area contributed by atoms with Gasteiger partial charge in [0.05, 0.1) is 14.2 Å². The summed E-state index contributed by atoms with van der Waals surface area (Å²) in [6, 6.07) is 0. The van der Waals surface area contributed by atoms with E-state index in [1.165, 1.54) is 14.2 Å². The number of esters is 2. The first-order valence-electron chi connectivity index (χ1n) is 10.5. The largest absolute Gasteiger partial charge is 0.468 e. The van der Waals surface area contributed by atoms with E-state index in [0.717, 1.165) is 32.5 Å². The Hall–Kier alpha value is -2.17. The van der Waals surface area contributed by atoms with Gasteiger partial charge in [-0.2, -0.15) is 0 Å². The molecule has 3 heterocycles. The minimum atomic E-state index is -0.575. The molecule has 3 rings (SSSR count). The number of piperidine rings is 3. The van der Waals surface area contributed by atoms with Crippen LogP contribution in [0, 0.1) is 11.8 Å². The summed E-state index contributed by atoms with van der Waals surface area (Å²) >= 11 is 0. The fraction of sp³-hybridized carbons (Fsp3) is 0.762. The molecule has 176 valence electrons. The van der Waals surface area contributed by atoms with E-state index in [0.29, 0.717) is 38.3 Å². The normalized spacial score (nSPS) is 24.8. The zero-order valence-electron chi connectivity index (χ0n) is 19.0. The minimum Gasteiger partial charge on any atom is -0.468 e. The van der Waals surface area contributed by atoms with E-state index in [4.69, 9.17) is 0 Å². The predicted octanol–water partition coefficient (Wildman–Crippen LogP) is -0.701. The van der Waals surface area contributed by atoms with Crippen molar-refractivity contribution in [1.29, 1.82) is 0 Å². The first-order chi connectivity index (χ1) is 14.7. The average Bonchev–Trinajstić information content (AvgIpc) is 2.77. The van der Waals surface area contributed by atoms with Gasteiger partial charge in [-0.3, -0.25) is 24.0 Å². The number of hydrogen-bond donors (Lipinski definition) is 1. The summed E-state index contributed by atoms with van der Waals surface area (Å²) < 4.78 is 8.98. The number of Topliss-reactive ketones (excluding diaryl/α,β-unsaturated/α-hetero) is 3. The molecule has 0 spiro atoms. The van der Waals surface area contributed by atoms with Crippen LogP contribution in [0.2, 0.25) is 0 Å². The molecule has 0 amide bonds. The monoisotopic (exact) mass is 441 g/mol. The van der Waals surface area contributed by atoms with Crippen molar-refractivity contribution in [3.8, 4) is 0 Å². The lowest BCUT2D eigenvalue weighted by Gasteiger charge is -2.26. The van der Waals surface area contributed by atoms with Gasteiger partial charge >= 0.3 is 11.9 Å². The molecule has 0 aliphatic carbocycles. The summed E-state index contributed by atoms with van der Waals surface area (Å²) in [5, 5.41) is 2.96. The van der Waals surface area contributed by atoms with Crippen molar-refractivity contribution in [3.05, 3.63) is 0 Å². The molecule has 10 nitrogen and oxygen atoms in total. The Balaban J connectivity index is 0.000000237. The van der Waals surface area contributed by atoms with Crippen LogP contribution in [0.25, 0.3) is 0 Å². The number of carbonyl (C=O) groups excluding carboxylic acids is 5. The standard InChI is InChI=1S/C8H13NO3.C7H11NO3.C6H11NO/c1-9-4-3-7(10)6(5-9)8(11)12-2;1-11-7(10)5-4-8-3-2-6(5)9;1-7-4-2-6(8)3-5-7/h6H,3-5H2,1-2H3;5,8H,2-4H2,1H3;2-5H2,1H3.